The van der Waals surface area contributed by atoms with Gasteiger partial charge in [-0.05, 0) is 18.6 Å². The first-order valence-corrected chi connectivity index (χ1v) is 4.49. The summed E-state index contributed by atoms with van der Waals surface area (Å²) in [6.45, 7) is 2.77. The first kappa shape index (κ1) is 9.71. The third-order valence-corrected chi connectivity index (χ3v) is 1.64. The van der Waals surface area contributed by atoms with Gasteiger partial charge < -0.3 is 5.32 Å². The SMILES string of the molecule is CCCNC(=O)Cc1ccccn1. The topological polar surface area (TPSA) is 42.0 Å². The van der Waals surface area contributed by atoms with Crippen molar-refractivity contribution in [3.8, 4) is 0 Å². The molecule has 0 saturated carbocycles. The molecule has 1 rings (SSSR count). The fourth-order valence-electron chi connectivity index (χ4n) is 0.994. The van der Waals surface area contributed by atoms with Crippen molar-refractivity contribution in [2.75, 3.05) is 6.54 Å². The lowest BCUT2D eigenvalue weighted by molar-refractivity contribution is -0.120. The van der Waals surface area contributed by atoms with Gasteiger partial charge >= 0.3 is 0 Å². The summed E-state index contributed by atoms with van der Waals surface area (Å²) in [5.74, 6) is 0.0422. The molecule has 3 heteroatoms. The summed E-state index contributed by atoms with van der Waals surface area (Å²) in [6.07, 6.45) is 3.04. The molecule has 0 aliphatic rings. The minimum atomic E-state index is 0.0422. The van der Waals surface area contributed by atoms with Crippen LogP contribution in [0.15, 0.2) is 24.4 Å². The molecule has 0 bridgehead atoms. The van der Waals surface area contributed by atoms with Crippen molar-refractivity contribution in [1.82, 2.24) is 10.3 Å². The Morgan fingerprint density at radius 3 is 3.00 bits per heavy atom. The van der Waals surface area contributed by atoms with E-state index in [4.69, 9.17) is 0 Å². The van der Waals surface area contributed by atoms with E-state index in [9.17, 15) is 4.79 Å². The van der Waals surface area contributed by atoms with E-state index < -0.39 is 0 Å². The molecule has 1 amide bonds. The predicted molar refractivity (Wildman–Crippen MR) is 51.2 cm³/mol. The number of pyridine rings is 1. The van der Waals surface area contributed by atoms with Crippen LogP contribution in [-0.4, -0.2) is 17.4 Å². The molecule has 0 radical (unpaired) electrons. The zero-order valence-electron chi connectivity index (χ0n) is 7.79. The van der Waals surface area contributed by atoms with Crippen LogP contribution in [0, 0.1) is 0 Å². The van der Waals surface area contributed by atoms with E-state index in [1.165, 1.54) is 0 Å². The van der Waals surface area contributed by atoms with Crippen LogP contribution in [0.5, 0.6) is 0 Å². The highest BCUT2D eigenvalue weighted by molar-refractivity contribution is 5.77. The van der Waals surface area contributed by atoms with E-state index in [1.54, 1.807) is 6.20 Å². The van der Waals surface area contributed by atoms with Crippen LogP contribution in [0.25, 0.3) is 0 Å². The first-order chi connectivity index (χ1) is 6.33. The lowest BCUT2D eigenvalue weighted by Crippen LogP contribution is -2.25. The minimum absolute atomic E-state index is 0.0422. The van der Waals surface area contributed by atoms with Gasteiger partial charge in [-0.25, -0.2) is 0 Å². The number of rotatable bonds is 4. The van der Waals surface area contributed by atoms with Crippen LogP contribution >= 0.6 is 0 Å². The van der Waals surface area contributed by atoms with E-state index in [2.05, 4.69) is 10.3 Å². The third-order valence-electron chi connectivity index (χ3n) is 1.64. The van der Waals surface area contributed by atoms with Crippen LogP contribution < -0.4 is 5.32 Å². The largest absolute Gasteiger partial charge is 0.356 e. The van der Waals surface area contributed by atoms with Gasteiger partial charge in [0.25, 0.3) is 0 Å². The molecule has 0 unspecified atom stereocenters. The number of hydrogen-bond acceptors (Lipinski definition) is 2. The Hall–Kier alpha value is -1.38. The predicted octanol–water partition coefficient (Wildman–Crippen LogP) is 1.15. The number of carbonyl (C=O) groups is 1. The molecule has 0 aliphatic heterocycles. The van der Waals surface area contributed by atoms with Crippen LogP contribution in [0.4, 0.5) is 0 Å². The molecule has 0 saturated heterocycles. The minimum Gasteiger partial charge on any atom is -0.356 e. The average Bonchev–Trinajstić information content (AvgIpc) is 2.16. The molecule has 0 aliphatic carbocycles. The molecule has 1 aromatic rings. The molecule has 0 spiro atoms. The van der Waals surface area contributed by atoms with E-state index in [0.717, 1.165) is 18.7 Å². The Morgan fingerprint density at radius 2 is 2.38 bits per heavy atom. The zero-order valence-corrected chi connectivity index (χ0v) is 7.79. The number of carbonyl (C=O) groups excluding carboxylic acids is 1. The molecule has 1 heterocycles. The van der Waals surface area contributed by atoms with Crippen LogP contribution in [0.2, 0.25) is 0 Å². The average molecular weight is 178 g/mol. The molecule has 1 aromatic heterocycles. The normalized spacial score (nSPS) is 9.62. The Bertz CT molecular complexity index is 259. The number of nitrogens with zero attached hydrogens (tertiary/aromatic N) is 1. The molecular formula is C10H14N2O. The Labute approximate surface area is 78.2 Å². The van der Waals surface area contributed by atoms with E-state index in [1.807, 2.05) is 25.1 Å². The lowest BCUT2D eigenvalue weighted by Gasteiger charge is -2.01. The number of amides is 1. The summed E-state index contributed by atoms with van der Waals surface area (Å²) in [4.78, 5) is 15.3. The van der Waals surface area contributed by atoms with Gasteiger partial charge in [-0.3, -0.25) is 9.78 Å². The van der Waals surface area contributed by atoms with Crippen molar-refractivity contribution < 1.29 is 4.79 Å². The van der Waals surface area contributed by atoms with Gasteiger partial charge in [0.05, 0.1) is 6.42 Å². The number of nitrogens with one attached hydrogen (secondary N) is 1. The second kappa shape index (κ2) is 5.30. The van der Waals surface area contributed by atoms with Crippen molar-refractivity contribution in [2.45, 2.75) is 19.8 Å². The van der Waals surface area contributed by atoms with Crippen molar-refractivity contribution in [3.63, 3.8) is 0 Å². The maximum absolute atomic E-state index is 11.2. The molecule has 0 atom stereocenters. The Balaban J connectivity index is 2.37. The third kappa shape index (κ3) is 3.69. The Morgan fingerprint density at radius 1 is 1.54 bits per heavy atom. The number of hydrogen-bond donors (Lipinski definition) is 1. The summed E-state index contributed by atoms with van der Waals surface area (Å²) in [7, 11) is 0. The molecule has 13 heavy (non-hydrogen) atoms. The highest BCUT2D eigenvalue weighted by Gasteiger charge is 2.01. The summed E-state index contributed by atoms with van der Waals surface area (Å²) < 4.78 is 0. The van der Waals surface area contributed by atoms with Crippen molar-refractivity contribution in [1.29, 1.82) is 0 Å². The monoisotopic (exact) mass is 178 g/mol. The van der Waals surface area contributed by atoms with Gasteiger partial charge in [-0.1, -0.05) is 13.0 Å². The van der Waals surface area contributed by atoms with Gasteiger partial charge in [0.15, 0.2) is 0 Å². The van der Waals surface area contributed by atoms with Gasteiger partial charge in [0.2, 0.25) is 5.91 Å². The quantitative estimate of drug-likeness (QED) is 0.751. The Kier molecular flexibility index (Phi) is 3.96. The summed E-state index contributed by atoms with van der Waals surface area (Å²) in [5.41, 5.74) is 0.816. The van der Waals surface area contributed by atoms with Gasteiger partial charge in [0, 0.05) is 18.4 Å². The summed E-state index contributed by atoms with van der Waals surface area (Å²) in [6, 6.07) is 5.58. The second-order valence-corrected chi connectivity index (χ2v) is 2.85. The standard InChI is InChI=1S/C10H14N2O/c1-2-6-12-10(13)8-9-5-3-4-7-11-9/h3-5,7H,2,6,8H2,1H3,(H,12,13). The van der Waals surface area contributed by atoms with E-state index >= 15 is 0 Å². The second-order valence-electron chi connectivity index (χ2n) is 2.85. The van der Waals surface area contributed by atoms with E-state index in [-0.39, 0.29) is 5.91 Å². The van der Waals surface area contributed by atoms with Gasteiger partial charge in [-0.2, -0.15) is 0 Å². The molecule has 3 nitrogen and oxygen atoms in total. The maximum atomic E-state index is 11.2. The van der Waals surface area contributed by atoms with Crippen LogP contribution in [-0.2, 0) is 11.2 Å². The summed E-state index contributed by atoms with van der Waals surface area (Å²) >= 11 is 0. The molecule has 70 valence electrons. The van der Waals surface area contributed by atoms with Crippen molar-refractivity contribution in [2.24, 2.45) is 0 Å². The fourth-order valence-corrected chi connectivity index (χ4v) is 0.994. The zero-order chi connectivity index (χ0) is 9.52. The van der Waals surface area contributed by atoms with Crippen molar-refractivity contribution >= 4 is 5.91 Å². The first-order valence-electron chi connectivity index (χ1n) is 4.49. The number of aromatic nitrogens is 1. The highest BCUT2D eigenvalue weighted by Crippen LogP contribution is 1.93. The van der Waals surface area contributed by atoms with Crippen LogP contribution in [0.1, 0.15) is 19.0 Å². The van der Waals surface area contributed by atoms with Crippen molar-refractivity contribution in [3.05, 3.63) is 30.1 Å². The fraction of sp³-hybridized carbons (Fsp3) is 0.400. The van der Waals surface area contributed by atoms with Gasteiger partial charge in [-0.15, -0.1) is 0 Å². The van der Waals surface area contributed by atoms with E-state index in [0.29, 0.717) is 6.42 Å². The molecule has 1 N–H and O–H groups in total. The maximum Gasteiger partial charge on any atom is 0.226 e. The smallest absolute Gasteiger partial charge is 0.226 e. The highest BCUT2D eigenvalue weighted by atomic mass is 16.1. The van der Waals surface area contributed by atoms with Crippen LogP contribution in [0.3, 0.4) is 0 Å². The molecular weight excluding hydrogens is 164 g/mol. The molecule has 0 aromatic carbocycles. The lowest BCUT2D eigenvalue weighted by atomic mass is 10.2. The van der Waals surface area contributed by atoms with Gasteiger partial charge in [0.1, 0.15) is 0 Å². The molecule has 0 fully saturated rings. The summed E-state index contributed by atoms with van der Waals surface area (Å²) in [5, 5.41) is 2.80.